The first-order chi connectivity index (χ1) is 14.2. The molecule has 2 N–H and O–H groups in total. The van der Waals surface area contributed by atoms with Crippen molar-refractivity contribution in [3.05, 3.63) is 78.0 Å². The zero-order valence-electron chi connectivity index (χ0n) is 17.9. The molecule has 0 aliphatic carbocycles. The van der Waals surface area contributed by atoms with Crippen molar-refractivity contribution in [2.24, 2.45) is 4.99 Å². The molecule has 0 saturated carbocycles. The van der Waals surface area contributed by atoms with Crippen molar-refractivity contribution in [3.63, 3.8) is 0 Å². The average Bonchev–Trinajstić information content (AvgIpc) is 3.29. The van der Waals surface area contributed by atoms with Gasteiger partial charge in [-0.15, -0.1) is 24.0 Å². The third kappa shape index (κ3) is 7.12. The van der Waals surface area contributed by atoms with Gasteiger partial charge in [0.05, 0.1) is 0 Å². The fourth-order valence-corrected chi connectivity index (χ4v) is 3.04. The van der Waals surface area contributed by atoms with E-state index in [4.69, 9.17) is 0 Å². The molecule has 0 fully saturated rings. The lowest BCUT2D eigenvalue weighted by molar-refractivity contribution is 0.740. The molecule has 30 heavy (non-hydrogen) atoms. The topological polar surface area (TPSA) is 67.1 Å². The van der Waals surface area contributed by atoms with Crippen LogP contribution < -0.4 is 10.6 Å². The molecule has 2 aromatic heterocycles. The SMILES string of the molecule is CN=C(NCCCc1ccc(C(C)C)cc1)NCc1ccc(-n2ccnc2)nc1.I. The predicted octanol–water partition coefficient (Wildman–Crippen LogP) is 4.31. The highest BCUT2D eigenvalue weighted by molar-refractivity contribution is 14.0. The van der Waals surface area contributed by atoms with Crippen molar-refractivity contribution in [1.82, 2.24) is 25.2 Å². The van der Waals surface area contributed by atoms with Gasteiger partial charge in [-0.05, 0) is 41.5 Å². The molecule has 0 radical (unpaired) electrons. The van der Waals surface area contributed by atoms with Crippen molar-refractivity contribution in [1.29, 1.82) is 0 Å². The van der Waals surface area contributed by atoms with Gasteiger partial charge in [-0.2, -0.15) is 0 Å². The number of guanidine groups is 1. The zero-order chi connectivity index (χ0) is 20.5. The molecule has 0 amide bonds. The van der Waals surface area contributed by atoms with Gasteiger partial charge in [-0.1, -0.05) is 44.2 Å². The maximum Gasteiger partial charge on any atom is 0.191 e. The number of hydrogen-bond donors (Lipinski definition) is 2. The molecule has 0 unspecified atom stereocenters. The van der Waals surface area contributed by atoms with E-state index >= 15 is 0 Å². The van der Waals surface area contributed by atoms with Gasteiger partial charge in [0, 0.05) is 38.7 Å². The minimum Gasteiger partial charge on any atom is -0.356 e. The van der Waals surface area contributed by atoms with Crippen LogP contribution >= 0.6 is 24.0 Å². The maximum absolute atomic E-state index is 4.47. The number of nitrogens with one attached hydrogen (secondary N) is 2. The number of pyridine rings is 1. The molecule has 1 aromatic carbocycles. The van der Waals surface area contributed by atoms with Crippen LogP contribution in [0.4, 0.5) is 0 Å². The summed E-state index contributed by atoms with van der Waals surface area (Å²) in [6.07, 6.45) is 9.35. The van der Waals surface area contributed by atoms with E-state index < -0.39 is 0 Å². The van der Waals surface area contributed by atoms with E-state index in [1.54, 1.807) is 19.6 Å². The van der Waals surface area contributed by atoms with Gasteiger partial charge in [0.25, 0.3) is 0 Å². The third-order valence-corrected chi connectivity index (χ3v) is 4.84. The van der Waals surface area contributed by atoms with Crippen LogP contribution in [0, 0.1) is 0 Å². The van der Waals surface area contributed by atoms with Crippen molar-refractivity contribution >= 4 is 29.9 Å². The first-order valence-electron chi connectivity index (χ1n) is 10.1. The molecule has 7 heteroatoms. The molecule has 3 rings (SSSR count). The summed E-state index contributed by atoms with van der Waals surface area (Å²) in [5.41, 5.74) is 3.87. The minimum atomic E-state index is 0. The lowest BCUT2D eigenvalue weighted by Gasteiger charge is -2.12. The van der Waals surface area contributed by atoms with E-state index in [0.29, 0.717) is 12.5 Å². The Morgan fingerprint density at radius 1 is 1.07 bits per heavy atom. The molecule has 0 aliphatic heterocycles. The second-order valence-electron chi connectivity index (χ2n) is 7.35. The lowest BCUT2D eigenvalue weighted by atomic mass is 10.0. The summed E-state index contributed by atoms with van der Waals surface area (Å²) < 4.78 is 1.88. The number of rotatable bonds is 8. The number of nitrogens with zero attached hydrogens (tertiary/aromatic N) is 4. The van der Waals surface area contributed by atoms with E-state index in [1.165, 1.54) is 11.1 Å². The van der Waals surface area contributed by atoms with Crippen LogP contribution in [0.3, 0.4) is 0 Å². The number of imidazole rings is 1. The van der Waals surface area contributed by atoms with Crippen LogP contribution in [0.2, 0.25) is 0 Å². The van der Waals surface area contributed by atoms with E-state index in [1.807, 2.05) is 23.0 Å². The van der Waals surface area contributed by atoms with E-state index in [-0.39, 0.29) is 24.0 Å². The molecule has 0 bridgehead atoms. The molecule has 6 nitrogen and oxygen atoms in total. The Morgan fingerprint density at radius 2 is 1.83 bits per heavy atom. The van der Waals surface area contributed by atoms with Crippen LogP contribution in [0.5, 0.6) is 0 Å². The van der Waals surface area contributed by atoms with Gasteiger partial charge in [0.2, 0.25) is 0 Å². The molecule has 2 heterocycles. The molecule has 0 atom stereocenters. The van der Waals surface area contributed by atoms with Crippen LogP contribution in [-0.4, -0.2) is 34.1 Å². The van der Waals surface area contributed by atoms with Gasteiger partial charge in [-0.25, -0.2) is 9.97 Å². The summed E-state index contributed by atoms with van der Waals surface area (Å²) in [6, 6.07) is 13.0. The zero-order valence-corrected chi connectivity index (χ0v) is 20.2. The van der Waals surface area contributed by atoms with Gasteiger partial charge in [0.15, 0.2) is 5.96 Å². The molecule has 160 valence electrons. The largest absolute Gasteiger partial charge is 0.356 e. The van der Waals surface area contributed by atoms with Gasteiger partial charge in [0.1, 0.15) is 12.1 Å². The standard InChI is InChI=1S/C23H30N6.HI/c1-18(2)21-9-6-19(7-10-21)5-4-12-26-23(24-3)28-16-20-8-11-22(27-15-20)29-14-13-25-17-29;/h6-11,13-15,17-18H,4-5,12,16H2,1-3H3,(H2,24,26,28);1H. The van der Waals surface area contributed by atoms with Crippen LogP contribution in [0.15, 0.2) is 66.3 Å². The van der Waals surface area contributed by atoms with Crippen molar-refractivity contribution in [3.8, 4) is 5.82 Å². The second-order valence-corrected chi connectivity index (χ2v) is 7.35. The van der Waals surface area contributed by atoms with Gasteiger partial charge in [-0.3, -0.25) is 9.56 Å². The summed E-state index contributed by atoms with van der Waals surface area (Å²) in [5, 5.41) is 6.72. The molecular weight excluding hydrogens is 487 g/mol. The highest BCUT2D eigenvalue weighted by Crippen LogP contribution is 2.15. The number of aromatic nitrogens is 3. The molecular formula is C23H31IN6. The van der Waals surface area contributed by atoms with Crippen LogP contribution in [0.25, 0.3) is 5.82 Å². The van der Waals surface area contributed by atoms with E-state index in [9.17, 15) is 0 Å². The Labute approximate surface area is 196 Å². The highest BCUT2D eigenvalue weighted by atomic mass is 127. The smallest absolute Gasteiger partial charge is 0.191 e. The normalized spacial score (nSPS) is 11.3. The molecule has 0 spiro atoms. The summed E-state index contributed by atoms with van der Waals surface area (Å²) in [6.45, 7) is 6.00. The first kappa shape index (κ1) is 23.9. The minimum absolute atomic E-state index is 0. The van der Waals surface area contributed by atoms with Crippen LogP contribution in [0.1, 0.15) is 42.9 Å². The molecule has 0 aliphatic rings. The summed E-state index contributed by atoms with van der Waals surface area (Å²) in [5.74, 6) is 2.24. The Kier molecular flexibility index (Phi) is 9.79. The third-order valence-electron chi connectivity index (χ3n) is 4.84. The Hall–Kier alpha value is -2.42. The monoisotopic (exact) mass is 518 g/mol. The van der Waals surface area contributed by atoms with E-state index in [2.05, 4.69) is 69.8 Å². The number of hydrogen-bond acceptors (Lipinski definition) is 3. The van der Waals surface area contributed by atoms with Crippen LogP contribution in [-0.2, 0) is 13.0 Å². The summed E-state index contributed by atoms with van der Waals surface area (Å²) >= 11 is 0. The summed E-state index contributed by atoms with van der Waals surface area (Å²) in [7, 11) is 1.79. The van der Waals surface area contributed by atoms with Crippen molar-refractivity contribution in [2.75, 3.05) is 13.6 Å². The first-order valence-corrected chi connectivity index (χ1v) is 10.1. The fraction of sp³-hybridized carbons (Fsp3) is 0.348. The Morgan fingerprint density at radius 3 is 2.43 bits per heavy atom. The number of halogens is 1. The molecule has 0 saturated heterocycles. The quantitative estimate of drug-likeness (QED) is 0.202. The molecule has 3 aromatic rings. The Bertz CT molecular complexity index is 886. The predicted molar refractivity (Wildman–Crippen MR) is 134 cm³/mol. The fourth-order valence-electron chi connectivity index (χ4n) is 3.04. The second kappa shape index (κ2) is 12.3. The van der Waals surface area contributed by atoms with Gasteiger partial charge >= 0.3 is 0 Å². The number of benzene rings is 1. The summed E-state index contributed by atoms with van der Waals surface area (Å²) in [4.78, 5) is 12.8. The average molecular weight is 518 g/mol. The van der Waals surface area contributed by atoms with Gasteiger partial charge < -0.3 is 10.6 Å². The lowest BCUT2D eigenvalue weighted by Crippen LogP contribution is -2.37. The number of aliphatic imine (C=N–C) groups is 1. The van der Waals surface area contributed by atoms with E-state index in [0.717, 1.165) is 36.7 Å². The Balaban J connectivity index is 0.00000320. The number of aryl methyl sites for hydroxylation is 1. The van der Waals surface area contributed by atoms with Crippen molar-refractivity contribution < 1.29 is 0 Å². The highest BCUT2D eigenvalue weighted by Gasteiger charge is 2.02. The van der Waals surface area contributed by atoms with Crippen molar-refractivity contribution in [2.45, 2.75) is 39.2 Å². The maximum atomic E-state index is 4.47.